The zero-order chi connectivity index (χ0) is 28.6. The third-order valence-electron chi connectivity index (χ3n) is 5.86. The van der Waals surface area contributed by atoms with E-state index in [1.54, 1.807) is 6.21 Å². The molecule has 1 aliphatic rings. The predicted molar refractivity (Wildman–Crippen MR) is 142 cm³/mol. The van der Waals surface area contributed by atoms with Gasteiger partial charge in [0, 0.05) is 45.8 Å². The Labute approximate surface area is 233 Å². The molecule has 0 saturated heterocycles. The number of nitrogens with zero attached hydrogens (tertiary/aromatic N) is 1. The van der Waals surface area contributed by atoms with Crippen molar-refractivity contribution >= 4 is 47.0 Å². The Morgan fingerprint density at radius 2 is 1.49 bits per heavy atom. The molecule has 0 saturated carbocycles. The highest BCUT2D eigenvalue weighted by atomic mass is 35.5. The van der Waals surface area contributed by atoms with Crippen molar-refractivity contribution in [1.82, 2.24) is 5.32 Å². The fourth-order valence-corrected chi connectivity index (χ4v) is 4.07. The third-order valence-corrected chi connectivity index (χ3v) is 6.36. The molecule has 39 heavy (non-hydrogen) atoms. The SMILES string of the molecule is C[C@@H](NC(=O)c1ccc([NH+]2C=CC=N2)cc1)[C@H](Cc1ccc(Cl)cc1)c1ccc(Cl)cc1.O=C([O-])C(F)(F)F. The van der Waals surface area contributed by atoms with Gasteiger partial charge in [0.1, 0.15) is 12.2 Å². The van der Waals surface area contributed by atoms with Crippen LogP contribution in [0.3, 0.4) is 0 Å². The first-order valence-electron chi connectivity index (χ1n) is 11.7. The van der Waals surface area contributed by atoms with Crippen molar-refractivity contribution in [2.24, 2.45) is 5.10 Å². The maximum absolute atomic E-state index is 13.0. The van der Waals surface area contributed by atoms with Gasteiger partial charge in [-0.15, -0.1) is 0 Å². The van der Waals surface area contributed by atoms with Crippen molar-refractivity contribution in [1.29, 1.82) is 0 Å². The largest absolute Gasteiger partial charge is 0.542 e. The maximum atomic E-state index is 13.0. The van der Waals surface area contributed by atoms with Gasteiger partial charge < -0.3 is 15.2 Å². The van der Waals surface area contributed by atoms with E-state index in [-0.39, 0.29) is 17.9 Å². The number of alkyl halides is 3. The van der Waals surface area contributed by atoms with Gasteiger partial charge in [-0.2, -0.15) is 18.2 Å². The normalized spacial score (nSPS) is 15.7. The summed E-state index contributed by atoms with van der Waals surface area (Å²) in [5, 5.41) is 18.6. The number of carboxylic acids is 1. The number of hydrogen-bond donors (Lipinski definition) is 2. The van der Waals surface area contributed by atoms with Gasteiger partial charge in [0.2, 0.25) is 0 Å². The minimum absolute atomic E-state index is 0.0742. The molecule has 0 aliphatic carbocycles. The van der Waals surface area contributed by atoms with E-state index >= 15 is 0 Å². The highest BCUT2D eigenvalue weighted by molar-refractivity contribution is 6.30. The van der Waals surface area contributed by atoms with Crippen LogP contribution in [0.15, 0.2) is 90.2 Å². The maximum Gasteiger partial charge on any atom is 0.430 e. The predicted octanol–water partition coefficient (Wildman–Crippen LogP) is 4.47. The van der Waals surface area contributed by atoms with Crippen LogP contribution in [0.5, 0.6) is 0 Å². The molecule has 3 aromatic rings. The van der Waals surface area contributed by atoms with E-state index in [0.29, 0.717) is 15.6 Å². The molecular weight excluding hydrogens is 554 g/mol. The molecule has 3 atom stereocenters. The van der Waals surface area contributed by atoms with E-state index in [9.17, 15) is 18.0 Å². The number of amides is 1. The fraction of sp³-hybridized carbons (Fsp3) is 0.179. The van der Waals surface area contributed by atoms with Crippen LogP contribution in [-0.2, 0) is 11.2 Å². The molecule has 2 N–H and O–H groups in total. The zero-order valence-electron chi connectivity index (χ0n) is 20.6. The summed E-state index contributed by atoms with van der Waals surface area (Å²) >= 11 is 12.1. The first-order chi connectivity index (χ1) is 18.4. The van der Waals surface area contributed by atoms with E-state index in [4.69, 9.17) is 33.1 Å². The lowest BCUT2D eigenvalue weighted by Gasteiger charge is -2.26. The van der Waals surface area contributed by atoms with Crippen LogP contribution >= 0.6 is 23.2 Å². The van der Waals surface area contributed by atoms with Gasteiger partial charge >= 0.3 is 6.18 Å². The van der Waals surface area contributed by atoms with Crippen LogP contribution in [0, 0.1) is 0 Å². The number of allylic oxidation sites excluding steroid dienone is 1. The molecule has 1 unspecified atom stereocenters. The third kappa shape index (κ3) is 8.95. The minimum Gasteiger partial charge on any atom is -0.542 e. The van der Waals surface area contributed by atoms with Crippen LogP contribution in [-0.4, -0.2) is 30.3 Å². The standard InChI is InChI=1S/C26H23Cl2N3O.C2HF3O2/c1-18(30-26(32)21-7-13-24(14-8-21)31-16-2-15-29-31)25(20-5-11-23(28)12-6-20)17-19-3-9-22(27)10-4-19;3-2(4,5)1(6)7/h2-16,18,25H,17H2,1H3,(H,30,32);(H,6,7)/t18-,25+;/m1./s1. The summed E-state index contributed by atoms with van der Waals surface area (Å²) in [4.78, 5) is 21.8. The number of aliphatic carboxylic acids is 1. The van der Waals surface area contributed by atoms with Crippen molar-refractivity contribution in [3.63, 3.8) is 0 Å². The van der Waals surface area contributed by atoms with E-state index in [0.717, 1.165) is 28.2 Å². The van der Waals surface area contributed by atoms with Gasteiger partial charge in [-0.05, 0) is 60.9 Å². The molecule has 1 amide bonds. The number of hydrogen-bond acceptors (Lipinski definition) is 4. The van der Waals surface area contributed by atoms with E-state index < -0.39 is 12.1 Å². The monoisotopic (exact) mass is 577 g/mol. The average molecular weight is 578 g/mol. The van der Waals surface area contributed by atoms with Crippen molar-refractivity contribution in [2.75, 3.05) is 0 Å². The molecule has 0 radical (unpaired) electrons. The van der Waals surface area contributed by atoms with Gasteiger partial charge in [-0.1, -0.05) is 52.6 Å². The van der Waals surface area contributed by atoms with Gasteiger partial charge in [0.15, 0.2) is 5.69 Å². The molecule has 0 aromatic heterocycles. The highest BCUT2D eigenvalue weighted by Gasteiger charge is 2.29. The number of carbonyl (C=O) groups is 2. The van der Waals surface area contributed by atoms with Crippen LogP contribution in [0.4, 0.5) is 18.9 Å². The minimum atomic E-state index is -5.19. The molecule has 6 nitrogen and oxygen atoms in total. The number of carboxylic acid groups (broad SMARTS) is 1. The number of quaternary nitrogens is 1. The Kier molecular flexibility index (Phi) is 10.3. The second-order valence-electron chi connectivity index (χ2n) is 8.64. The highest BCUT2D eigenvalue weighted by Crippen LogP contribution is 2.27. The van der Waals surface area contributed by atoms with Crippen LogP contribution in [0.2, 0.25) is 10.0 Å². The summed E-state index contributed by atoms with van der Waals surface area (Å²) in [6.45, 7) is 2.04. The molecule has 4 rings (SSSR count). The molecule has 3 aromatic carbocycles. The molecule has 204 valence electrons. The Bertz CT molecular complexity index is 1320. The molecule has 1 heterocycles. The molecule has 0 bridgehead atoms. The fourth-order valence-electron chi connectivity index (χ4n) is 3.82. The number of nitrogens with one attached hydrogen (secondary N) is 2. The first kappa shape index (κ1) is 29.9. The Hall–Kier alpha value is -3.66. The number of benzene rings is 3. The summed E-state index contributed by atoms with van der Waals surface area (Å²) < 4.78 is 31.5. The number of carbonyl (C=O) groups excluding carboxylic acids is 2. The van der Waals surface area contributed by atoms with E-state index in [1.165, 1.54) is 0 Å². The van der Waals surface area contributed by atoms with Crippen LogP contribution < -0.4 is 15.4 Å². The van der Waals surface area contributed by atoms with Crippen molar-refractivity contribution in [3.05, 3.63) is 112 Å². The first-order valence-corrected chi connectivity index (χ1v) is 12.5. The summed E-state index contributed by atoms with van der Waals surface area (Å²) in [5.74, 6) is -3.03. The second kappa shape index (κ2) is 13.4. The number of rotatable bonds is 7. The lowest BCUT2D eigenvalue weighted by atomic mass is 9.86. The second-order valence-corrected chi connectivity index (χ2v) is 9.51. The Morgan fingerprint density at radius 1 is 0.949 bits per heavy atom. The van der Waals surface area contributed by atoms with Crippen LogP contribution in [0.1, 0.15) is 34.3 Å². The summed E-state index contributed by atoms with van der Waals surface area (Å²) in [6, 6.07) is 23.1. The lowest BCUT2D eigenvalue weighted by Crippen LogP contribution is -2.96. The molecular formula is C28H24Cl2F3N3O3. The van der Waals surface area contributed by atoms with Crippen LogP contribution in [0.25, 0.3) is 0 Å². The Balaban J connectivity index is 0.000000532. The van der Waals surface area contributed by atoms with Crippen molar-refractivity contribution in [3.8, 4) is 0 Å². The molecule has 0 spiro atoms. The summed E-state index contributed by atoms with van der Waals surface area (Å²) in [6.07, 6.45) is 1.18. The summed E-state index contributed by atoms with van der Waals surface area (Å²) in [5.41, 5.74) is 3.88. The Morgan fingerprint density at radius 3 is 1.97 bits per heavy atom. The molecule has 11 heteroatoms. The molecule has 1 aliphatic heterocycles. The topological polar surface area (TPSA) is 86.0 Å². The van der Waals surface area contributed by atoms with Gasteiger partial charge in [0.25, 0.3) is 5.91 Å². The number of halogens is 5. The smallest absolute Gasteiger partial charge is 0.430 e. The van der Waals surface area contributed by atoms with Gasteiger partial charge in [-0.25, -0.2) is 0 Å². The zero-order valence-corrected chi connectivity index (χ0v) is 22.1. The van der Waals surface area contributed by atoms with Crippen molar-refractivity contribution in [2.45, 2.75) is 31.5 Å². The lowest BCUT2D eigenvalue weighted by molar-refractivity contribution is -0.779. The molecule has 0 fully saturated rings. The van der Waals surface area contributed by atoms with E-state index in [1.807, 2.05) is 92.0 Å². The van der Waals surface area contributed by atoms with E-state index in [2.05, 4.69) is 10.4 Å². The quantitative estimate of drug-likeness (QED) is 0.434. The van der Waals surface area contributed by atoms with Gasteiger partial charge in [-0.3, -0.25) is 4.79 Å². The van der Waals surface area contributed by atoms with Crippen molar-refractivity contribution < 1.29 is 32.9 Å². The summed E-state index contributed by atoms with van der Waals surface area (Å²) in [7, 11) is 0. The van der Waals surface area contributed by atoms with Gasteiger partial charge in [0.05, 0.1) is 6.21 Å². The average Bonchev–Trinajstić information content (AvgIpc) is 3.44.